The Morgan fingerprint density at radius 2 is 2.33 bits per heavy atom. The molecule has 0 fully saturated rings. The fourth-order valence-corrected chi connectivity index (χ4v) is 1.63. The van der Waals surface area contributed by atoms with Crippen molar-refractivity contribution in [2.24, 2.45) is 5.73 Å². The Labute approximate surface area is 87.0 Å². The van der Waals surface area contributed by atoms with E-state index in [1.165, 1.54) is 0 Å². The van der Waals surface area contributed by atoms with E-state index in [4.69, 9.17) is 10.5 Å². The zero-order valence-electron chi connectivity index (χ0n) is 8.41. The van der Waals surface area contributed by atoms with Crippen LogP contribution >= 0.6 is 0 Å². The number of aromatic amines is 1. The lowest BCUT2D eigenvalue weighted by Gasteiger charge is -2.00. The van der Waals surface area contributed by atoms with Crippen molar-refractivity contribution in [2.75, 3.05) is 0 Å². The molecule has 0 bridgehead atoms. The first kappa shape index (κ1) is 9.58. The first-order valence-electron chi connectivity index (χ1n) is 4.66. The van der Waals surface area contributed by atoms with Crippen LogP contribution in [-0.4, -0.2) is 11.1 Å². The Morgan fingerprint density at radius 1 is 1.53 bits per heavy atom. The Bertz CT molecular complexity index is 502. The number of carbonyl (C=O) groups is 1. The van der Waals surface area contributed by atoms with Crippen LogP contribution in [0.4, 0.5) is 4.79 Å². The van der Waals surface area contributed by atoms with Crippen LogP contribution in [-0.2, 0) is 11.3 Å². The second kappa shape index (κ2) is 3.65. The number of carbonyl (C=O) groups excluding carboxylic acids is 1. The SMILES string of the molecule is Cc1cccc2c(COC(N)=O)c[nH]c12. The van der Waals surface area contributed by atoms with Crippen LogP contribution in [0, 0.1) is 6.92 Å². The van der Waals surface area contributed by atoms with Gasteiger partial charge in [0.1, 0.15) is 6.61 Å². The van der Waals surface area contributed by atoms with Gasteiger partial charge in [-0.25, -0.2) is 4.79 Å². The first-order chi connectivity index (χ1) is 7.18. The van der Waals surface area contributed by atoms with Crippen LogP contribution < -0.4 is 5.73 Å². The molecule has 2 aromatic rings. The molecule has 0 aliphatic rings. The van der Waals surface area contributed by atoms with Gasteiger partial charge < -0.3 is 15.5 Å². The smallest absolute Gasteiger partial charge is 0.404 e. The Hall–Kier alpha value is -1.97. The third kappa shape index (κ3) is 1.79. The number of amides is 1. The number of aromatic nitrogens is 1. The van der Waals surface area contributed by atoms with Crippen LogP contribution in [0.1, 0.15) is 11.1 Å². The molecule has 0 aliphatic heterocycles. The van der Waals surface area contributed by atoms with Gasteiger partial charge in [0.15, 0.2) is 0 Å². The third-order valence-corrected chi connectivity index (χ3v) is 2.38. The van der Waals surface area contributed by atoms with E-state index in [9.17, 15) is 4.79 Å². The predicted molar refractivity (Wildman–Crippen MR) is 57.4 cm³/mol. The standard InChI is InChI=1S/C11H12N2O2/c1-7-3-2-4-9-8(5-13-10(7)9)6-15-11(12)14/h2-5,13H,6H2,1H3,(H2,12,14). The number of aryl methyl sites for hydroxylation is 1. The molecule has 3 N–H and O–H groups in total. The summed E-state index contributed by atoms with van der Waals surface area (Å²) >= 11 is 0. The van der Waals surface area contributed by atoms with Crippen molar-refractivity contribution in [1.29, 1.82) is 0 Å². The number of benzene rings is 1. The molecule has 0 saturated carbocycles. The molecule has 1 heterocycles. The van der Waals surface area contributed by atoms with Gasteiger partial charge in [-0.3, -0.25) is 0 Å². The number of ether oxygens (including phenoxy) is 1. The molecule has 2 rings (SSSR count). The summed E-state index contributed by atoms with van der Waals surface area (Å²) in [6.07, 6.45) is 1.08. The summed E-state index contributed by atoms with van der Waals surface area (Å²) in [5.74, 6) is 0. The van der Waals surface area contributed by atoms with E-state index in [0.29, 0.717) is 0 Å². The molecule has 0 radical (unpaired) electrons. The van der Waals surface area contributed by atoms with Crippen LogP contribution in [0.25, 0.3) is 10.9 Å². The second-order valence-electron chi connectivity index (χ2n) is 3.42. The zero-order chi connectivity index (χ0) is 10.8. The zero-order valence-corrected chi connectivity index (χ0v) is 8.41. The second-order valence-corrected chi connectivity index (χ2v) is 3.42. The fourth-order valence-electron chi connectivity index (χ4n) is 1.63. The molecule has 4 nitrogen and oxygen atoms in total. The Balaban J connectivity index is 2.37. The maximum atomic E-state index is 10.5. The number of H-pyrrole nitrogens is 1. The molecule has 1 aromatic carbocycles. The van der Waals surface area contributed by atoms with Gasteiger partial charge in [-0.15, -0.1) is 0 Å². The Kier molecular flexibility index (Phi) is 2.33. The van der Waals surface area contributed by atoms with Crippen molar-refractivity contribution >= 4 is 17.0 Å². The molecule has 0 atom stereocenters. The highest BCUT2D eigenvalue weighted by atomic mass is 16.5. The van der Waals surface area contributed by atoms with Gasteiger partial charge in [0.05, 0.1) is 0 Å². The molecule has 78 valence electrons. The monoisotopic (exact) mass is 204 g/mol. The minimum atomic E-state index is -0.753. The lowest BCUT2D eigenvalue weighted by Crippen LogP contribution is -2.12. The van der Waals surface area contributed by atoms with Crippen molar-refractivity contribution in [3.05, 3.63) is 35.5 Å². The van der Waals surface area contributed by atoms with Gasteiger partial charge in [0, 0.05) is 22.7 Å². The minimum Gasteiger partial charge on any atom is -0.445 e. The maximum absolute atomic E-state index is 10.5. The van der Waals surface area contributed by atoms with Crippen LogP contribution in [0.3, 0.4) is 0 Å². The lowest BCUT2D eigenvalue weighted by molar-refractivity contribution is 0.150. The summed E-state index contributed by atoms with van der Waals surface area (Å²) in [6, 6.07) is 5.98. The van der Waals surface area contributed by atoms with Gasteiger partial charge >= 0.3 is 6.09 Å². The van der Waals surface area contributed by atoms with Crippen LogP contribution in [0.5, 0.6) is 0 Å². The number of hydrogen-bond donors (Lipinski definition) is 2. The minimum absolute atomic E-state index is 0.207. The molecular formula is C11H12N2O2. The average molecular weight is 204 g/mol. The number of nitrogens with two attached hydrogens (primary N) is 1. The number of primary amides is 1. The maximum Gasteiger partial charge on any atom is 0.404 e. The summed E-state index contributed by atoms with van der Waals surface area (Å²) in [7, 11) is 0. The predicted octanol–water partition coefficient (Wildman–Crippen LogP) is 2.07. The topological polar surface area (TPSA) is 68.1 Å². The van der Waals surface area contributed by atoms with Gasteiger partial charge in [-0.2, -0.15) is 0 Å². The Morgan fingerprint density at radius 3 is 3.07 bits per heavy atom. The van der Waals surface area contributed by atoms with E-state index < -0.39 is 6.09 Å². The first-order valence-corrected chi connectivity index (χ1v) is 4.66. The van der Waals surface area contributed by atoms with Crippen molar-refractivity contribution in [3.8, 4) is 0 Å². The molecule has 1 amide bonds. The molecule has 15 heavy (non-hydrogen) atoms. The quantitative estimate of drug-likeness (QED) is 0.786. The van der Waals surface area contributed by atoms with Gasteiger partial charge in [-0.1, -0.05) is 18.2 Å². The van der Waals surface area contributed by atoms with Gasteiger partial charge in [0.2, 0.25) is 0 Å². The largest absolute Gasteiger partial charge is 0.445 e. The van der Waals surface area contributed by atoms with Crippen molar-refractivity contribution in [3.63, 3.8) is 0 Å². The van der Waals surface area contributed by atoms with Crippen LogP contribution in [0.2, 0.25) is 0 Å². The average Bonchev–Trinajstić information content (AvgIpc) is 2.59. The number of rotatable bonds is 2. The molecule has 0 aliphatic carbocycles. The molecular weight excluding hydrogens is 192 g/mol. The molecule has 0 spiro atoms. The number of hydrogen-bond acceptors (Lipinski definition) is 2. The summed E-state index contributed by atoms with van der Waals surface area (Å²) in [4.78, 5) is 13.6. The summed E-state index contributed by atoms with van der Waals surface area (Å²) in [5, 5.41) is 1.07. The van der Waals surface area contributed by atoms with Crippen LogP contribution in [0.15, 0.2) is 24.4 Å². The molecule has 4 heteroatoms. The molecule has 0 unspecified atom stereocenters. The number of para-hydroxylation sites is 1. The van der Waals surface area contributed by atoms with Crippen molar-refractivity contribution in [2.45, 2.75) is 13.5 Å². The third-order valence-electron chi connectivity index (χ3n) is 2.38. The van der Waals surface area contributed by atoms with E-state index in [2.05, 4.69) is 4.98 Å². The van der Waals surface area contributed by atoms with Gasteiger partial charge in [-0.05, 0) is 12.5 Å². The van der Waals surface area contributed by atoms with E-state index in [-0.39, 0.29) is 6.61 Å². The van der Waals surface area contributed by atoms with E-state index in [1.807, 2.05) is 31.3 Å². The molecule has 0 saturated heterocycles. The van der Waals surface area contributed by atoms with E-state index in [1.54, 1.807) is 0 Å². The fraction of sp³-hybridized carbons (Fsp3) is 0.182. The van der Waals surface area contributed by atoms with Crippen molar-refractivity contribution < 1.29 is 9.53 Å². The van der Waals surface area contributed by atoms with E-state index >= 15 is 0 Å². The highest BCUT2D eigenvalue weighted by Crippen LogP contribution is 2.21. The van der Waals surface area contributed by atoms with Crippen molar-refractivity contribution in [1.82, 2.24) is 4.98 Å². The molecule has 1 aromatic heterocycles. The normalized spacial score (nSPS) is 10.5. The lowest BCUT2D eigenvalue weighted by atomic mass is 10.1. The summed E-state index contributed by atoms with van der Waals surface area (Å²) < 4.78 is 4.75. The summed E-state index contributed by atoms with van der Waals surface area (Å²) in [6.45, 7) is 2.23. The van der Waals surface area contributed by atoms with Gasteiger partial charge in [0.25, 0.3) is 0 Å². The summed E-state index contributed by atoms with van der Waals surface area (Å²) in [5.41, 5.74) is 8.08. The number of fused-ring (bicyclic) bond motifs is 1. The van der Waals surface area contributed by atoms with E-state index in [0.717, 1.165) is 22.0 Å². The number of nitrogens with one attached hydrogen (secondary N) is 1. The highest BCUT2D eigenvalue weighted by Gasteiger charge is 2.06. The highest BCUT2D eigenvalue weighted by molar-refractivity contribution is 5.85.